The van der Waals surface area contributed by atoms with Crippen LogP contribution in [-0.4, -0.2) is 16.8 Å². The summed E-state index contributed by atoms with van der Waals surface area (Å²) in [7, 11) is 0. The van der Waals surface area contributed by atoms with Gasteiger partial charge in [-0.15, -0.1) is 0 Å². The summed E-state index contributed by atoms with van der Waals surface area (Å²) >= 11 is 0. The first-order valence-corrected chi connectivity index (χ1v) is 4.80. The number of halogens is 1. The topological polar surface area (TPSA) is 49.3 Å². The Morgan fingerprint density at radius 2 is 2.07 bits per heavy atom. The lowest BCUT2D eigenvalue weighted by Crippen LogP contribution is -2.33. The van der Waals surface area contributed by atoms with Crippen LogP contribution in [0.4, 0.5) is 4.39 Å². The Morgan fingerprint density at radius 1 is 1.47 bits per heavy atom. The van der Waals surface area contributed by atoms with E-state index >= 15 is 0 Å². The van der Waals surface area contributed by atoms with Crippen LogP contribution in [0.3, 0.4) is 0 Å². The van der Waals surface area contributed by atoms with Gasteiger partial charge in [0, 0.05) is 11.8 Å². The molecule has 1 amide bonds. The molecule has 0 bridgehead atoms. The fourth-order valence-electron chi connectivity index (χ4n) is 2.15. The highest BCUT2D eigenvalue weighted by molar-refractivity contribution is 5.90. The number of rotatable bonds is 2. The van der Waals surface area contributed by atoms with Crippen molar-refractivity contribution in [2.45, 2.75) is 18.5 Å². The van der Waals surface area contributed by atoms with Gasteiger partial charge in [0.15, 0.2) is 0 Å². The highest BCUT2D eigenvalue weighted by atomic mass is 19.1. The molecule has 3 nitrogen and oxygen atoms in total. The normalized spacial score (nSPS) is 33.5. The zero-order chi connectivity index (χ0) is 11.1. The van der Waals surface area contributed by atoms with Crippen LogP contribution >= 0.6 is 0 Å². The number of hydrogen-bond donors (Lipinski definition) is 2. The van der Waals surface area contributed by atoms with E-state index in [1.54, 1.807) is 31.2 Å². The van der Waals surface area contributed by atoms with E-state index < -0.39 is 23.4 Å². The van der Waals surface area contributed by atoms with E-state index in [1.165, 1.54) is 5.48 Å². The summed E-state index contributed by atoms with van der Waals surface area (Å²) < 4.78 is 14.1. The van der Waals surface area contributed by atoms with Crippen molar-refractivity contribution >= 4 is 5.91 Å². The first-order valence-electron chi connectivity index (χ1n) is 4.80. The minimum Gasteiger partial charge on any atom is -0.289 e. The molecule has 1 aliphatic rings. The van der Waals surface area contributed by atoms with Gasteiger partial charge in [0.05, 0.1) is 0 Å². The molecule has 1 fully saturated rings. The number of carbonyl (C=O) groups is 1. The summed E-state index contributed by atoms with van der Waals surface area (Å²) in [5.74, 6) is -1.80. The van der Waals surface area contributed by atoms with Crippen molar-refractivity contribution in [1.82, 2.24) is 5.48 Å². The molecule has 1 aliphatic carbocycles. The van der Waals surface area contributed by atoms with Gasteiger partial charge in [0.1, 0.15) is 0 Å². The van der Waals surface area contributed by atoms with Crippen LogP contribution in [0, 0.1) is 5.92 Å². The number of alkyl halides is 1. The molecule has 15 heavy (non-hydrogen) atoms. The Kier molecular flexibility index (Phi) is 2.23. The molecule has 0 saturated heterocycles. The summed E-state index contributed by atoms with van der Waals surface area (Å²) in [6, 6.07) is 9.01. The quantitative estimate of drug-likeness (QED) is 0.574. The fourth-order valence-corrected chi connectivity index (χ4v) is 2.15. The van der Waals surface area contributed by atoms with Crippen LogP contribution < -0.4 is 5.48 Å². The SMILES string of the molecule is CC1C(c2ccccc2)C1(F)C(=O)NO. The maximum absolute atomic E-state index is 14.1. The third kappa shape index (κ3) is 1.33. The number of hydroxylamine groups is 1. The molecule has 4 heteroatoms. The van der Waals surface area contributed by atoms with Gasteiger partial charge in [-0.3, -0.25) is 10.0 Å². The monoisotopic (exact) mass is 209 g/mol. The van der Waals surface area contributed by atoms with E-state index in [9.17, 15) is 9.18 Å². The molecule has 1 aromatic carbocycles. The second kappa shape index (κ2) is 3.31. The molecule has 0 radical (unpaired) electrons. The van der Waals surface area contributed by atoms with Crippen molar-refractivity contribution in [3.8, 4) is 0 Å². The van der Waals surface area contributed by atoms with Gasteiger partial charge >= 0.3 is 0 Å². The van der Waals surface area contributed by atoms with E-state index in [0.717, 1.165) is 5.56 Å². The van der Waals surface area contributed by atoms with Crippen LogP contribution in [-0.2, 0) is 4.79 Å². The lowest BCUT2D eigenvalue weighted by atomic mass is 10.1. The number of amides is 1. The first-order chi connectivity index (χ1) is 7.12. The zero-order valence-corrected chi connectivity index (χ0v) is 8.27. The average Bonchev–Trinajstić information content (AvgIpc) is 2.83. The molecule has 0 spiro atoms. The Balaban J connectivity index is 2.26. The second-order valence-corrected chi connectivity index (χ2v) is 3.89. The van der Waals surface area contributed by atoms with Crippen molar-refractivity contribution < 1.29 is 14.4 Å². The molecule has 3 atom stereocenters. The Bertz CT molecular complexity index is 381. The third-order valence-corrected chi connectivity index (χ3v) is 3.11. The largest absolute Gasteiger partial charge is 0.289 e. The van der Waals surface area contributed by atoms with E-state index in [1.807, 2.05) is 6.07 Å². The Morgan fingerprint density at radius 3 is 2.60 bits per heavy atom. The number of hydrogen-bond acceptors (Lipinski definition) is 2. The van der Waals surface area contributed by atoms with Crippen molar-refractivity contribution in [2.24, 2.45) is 5.92 Å². The van der Waals surface area contributed by atoms with Gasteiger partial charge in [0.25, 0.3) is 5.91 Å². The molecular weight excluding hydrogens is 197 g/mol. The number of benzene rings is 1. The maximum atomic E-state index is 14.1. The third-order valence-electron chi connectivity index (χ3n) is 3.11. The van der Waals surface area contributed by atoms with Crippen molar-refractivity contribution in [1.29, 1.82) is 0 Å². The van der Waals surface area contributed by atoms with Crippen LogP contribution in [0.25, 0.3) is 0 Å². The highest BCUT2D eigenvalue weighted by Gasteiger charge is 2.69. The highest BCUT2D eigenvalue weighted by Crippen LogP contribution is 2.60. The van der Waals surface area contributed by atoms with Gasteiger partial charge in [-0.2, -0.15) is 0 Å². The molecule has 1 saturated carbocycles. The lowest BCUT2D eigenvalue weighted by molar-refractivity contribution is -0.136. The number of nitrogens with one attached hydrogen (secondary N) is 1. The van der Waals surface area contributed by atoms with E-state index in [0.29, 0.717) is 0 Å². The van der Waals surface area contributed by atoms with Crippen LogP contribution in [0.1, 0.15) is 18.4 Å². The van der Waals surface area contributed by atoms with Gasteiger partial charge in [-0.1, -0.05) is 37.3 Å². The molecule has 0 heterocycles. The van der Waals surface area contributed by atoms with E-state index in [4.69, 9.17) is 5.21 Å². The van der Waals surface area contributed by atoms with Crippen molar-refractivity contribution in [3.63, 3.8) is 0 Å². The van der Waals surface area contributed by atoms with Gasteiger partial charge in [0.2, 0.25) is 5.67 Å². The van der Waals surface area contributed by atoms with Gasteiger partial charge < -0.3 is 0 Å². The smallest absolute Gasteiger partial charge is 0.281 e. The maximum Gasteiger partial charge on any atom is 0.281 e. The molecule has 1 aromatic rings. The predicted octanol–water partition coefficient (Wildman–Crippen LogP) is 1.63. The molecule has 80 valence electrons. The predicted molar refractivity (Wildman–Crippen MR) is 52.1 cm³/mol. The lowest BCUT2D eigenvalue weighted by Gasteiger charge is -2.04. The first kappa shape index (κ1) is 10.1. The minimum absolute atomic E-state index is 0.396. The Hall–Kier alpha value is -1.42. The molecule has 3 unspecified atom stereocenters. The summed E-state index contributed by atoms with van der Waals surface area (Å²) in [5.41, 5.74) is 0.209. The molecule has 0 aromatic heterocycles. The summed E-state index contributed by atoms with van der Waals surface area (Å²) in [6.07, 6.45) is 0. The van der Waals surface area contributed by atoms with Crippen molar-refractivity contribution in [3.05, 3.63) is 35.9 Å². The van der Waals surface area contributed by atoms with Gasteiger partial charge in [-0.25, -0.2) is 9.87 Å². The number of carbonyl (C=O) groups excluding carboxylic acids is 1. The summed E-state index contributed by atoms with van der Waals surface area (Å²) in [4.78, 5) is 11.2. The molecule has 2 N–H and O–H groups in total. The van der Waals surface area contributed by atoms with Crippen LogP contribution in [0.15, 0.2) is 30.3 Å². The summed E-state index contributed by atoms with van der Waals surface area (Å²) in [6.45, 7) is 1.66. The van der Waals surface area contributed by atoms with E-state index in [2.05, 4.69) is 0 Å². The van der Waals surface area contributed by atoms with Crippen LogP contribution in [0.2, 0.25) is 0 Å². The summed E-state index contributed by atoms with van der Waals surface area (Å²) in [5, 5.41) is 8.45. The minimum atomic E-state index is -1.96. The Labute approximate surface area is 86.9 Å². The van der Waals surface area contributed by atoms with E-state index in [-0.39, 0.29) is 0 Å². The standard InChI is InChI=1S/C11H12FNO2/c1-7-9(8-5-3-2-4-6-8)11(7,12)10(14)13-15/h2-7,9,15H,1H3,(H,13,14). The molecular formula is C11H12FNO2. The zero-order valence-electron chi connectivity index (χ0n) is 8.27. The average molecular weight is 209 g/mol. The molecule has 0 aliphatic heterocycles. The molecule has 2 rings (SSSR count). The second-order valence-electron chi connectivity index (χ2n) is 3.89. The fraction of sp³-hybridized carbons (Fsp3) is 0.364. The van der Waals surface area contributed by atoms with Crippen molar-refractivity contribution in [2.75, 3.05) is 0 Å². The van der Waals surface area contributed by atoms with Crippen LogP contribution in [0.5, 0.6) is 0 Å². The van der Waals surface area contributed by atoms with Gasteiger partial charge in [-0.05, 0) is 5.56 Å².